The summed E-state index contributed by atoms with van der Waals surface area (Å²) in [5.41, 5.74) is 2.44. The first-order chi connectivity index (χ1) is 10.1. The molecular formula is C17H25N3S. The standard InChI is InChI=1S/C17H25N3S/c1-13(2)10-18-11-15-17(14-8-6-5-7-9-14)21-16(19-15)12-20(3)4/h5-9,13,18H,10-12H2,1-4H3. The molecule has 0 amide bonds. The van der Waals surface area contributed by atoms with Gasteiger partial charge in [-0.05, 0) is 32.1 Å². The van der Waals surface area contributed by atoms with Gasteiger partial charge in [0.05, 0.1) is 10.6 Å². The van der Waals surface area contributed by atoms with Crippen molar-refractivity contribution in [2.45, 2.75) is 26.9 Å². The maximum atomic E-state index is 4.84. The Bertz CT molecular complexity index is 546. The quantitative estimate of drug-likeness (QED) is 0.847. The molecular weight excluding hydrogens is 278 g/mol. The minimum Gasteiger partial charge on any atom is -0.311 e. The average Bonchev–Trinajstić information content (AvgIpc) is 2.81. The van der Waals surface area contributed by atoms with Crippen molar-refractivity contribution in [2.75, 3.05) is 20.6 Å². The summed E-state index contributed by atoms with van der Waals surface area (Å²) in [5, 5.41) is 4.69. The zero-order valence-corrected chi connectivity index (χ0v) is 14.2. The lowest BCUT2D eigenvalue weighted by Crippen LogP contribution is -2.19. The molecule has 4 heteroatoms. The molecule has 0 fully saturated rings. The summed E-state index contributed by atoms with van der Waals surface area (Å²) in [7, 11) is 4.17. The van der Waals surface area contributed by atoms with Crippen LogP contribution in [-0.4, -0.2) is 30.5 Å². The van der Waals surface area contributed by atoms with E-state index in [1.165, 1.54) is 21.1 Å². The molecule has 0 bridgehead atoms. The largest absolute Gasteiger partial charge is 0.311 e. The van der Waals surface area contributed by atoms with Crippen LogP contribution < -0.4 is 5.32 Å². The van der Waals surface area contributed by atoms with E-state index in [-0.39, 0.29) is 0 Å². The lowest BCUT2D eigenvalue weighted by Gasteiger charge is -2.07. The molecule has 0 saturated heterocycles. The molecule has 1 N–H and O–H groups in total. The summed E-state index contributed by atoms with van der Waals surface area (Å²) in [5.74, 6) is 0.657. The predicted molar refractivity (Wildman–Crippen MR) is 91.5 cm³/mol. The van der Waals surface area contributed by atoms with Crippen LogP contribution >= 0.6 is 11.3 Å². The number of hydrogen-bond donors (Lipinski definition) is 1. The molecule has 0 radical (unpaired) electrons. The van der Waals surface area contributed by atoms with Gasteiger partial charge in [-0.2, -0.15) is 0 Å². The third kappa shape index (κ3) is 4.92. The summed E-state index contributed by atoms with van der Waals surface area (Å²) in [6.07, 6.45) is 0. The first-order valence-electron chi connectivity index (χ1n) is 7.45. The van der Waals surface area contributed by atoms with E-state index in [0.717, 1.165) is 19.6 Å². The zero-order valence-electron chi connectivity index (χ0n) is 13.4. The topological polar surface area (TPSA) is 28.2 Å². The Hall–Kier alpha value is -1.23. The van der Waals surface area contributed by atoms with Gasteiger partial charge in [-0.15, -0.1) is 11.3 Å². The van der Waals surface area contributed by atoms with E-state index in [1.54, 1.807) is 11.3 Å². The lowest BCUT2D eigenvalue weighted by molar-refractivity contribution is 0.401. The van der Waals surface area contributed by atoms with Crippen molar-refractivity contribution in [1.29, 1.82) is 0 Å². The number of thiazole rings is 1. The molecule has 0 spiro atoms. The number of nitrogens with one attached hydrogen (secondary N) is 1. The van der Waals surface area contributed by atoms with Crippen LogP contribution in [0.2, 0.25) is 0 Å². The molecule has 0 saturated carbocycles. The average molecular weight is 303 g/mol. The number of nitrogens with zero attached hydrogens (tertiary/aromatic N) is 2. The van der Waals surface area contributed by atoms with Crippen LogP contribution in [0.3, 0.4) is 0 Å². The Labute approximate surface area is 132 Å². The Balaban J connectivity index is 2.21. The van der Waals surface area contributed by atoms with Gasteiger partial charge in [-0.25, -0.2) is 4.98 Å². The van der Waals surface area contributed by atoms with Gasteiger partial charge in [0.1, 0.15) is 5.01 Å². The van der Waals surface area contributed by atoms with Gasteiger partial charge < -0.3 is 10.2 Å². The second kappa shape index (κ2) is 7.69. The maximum absolute atomic E-state index is 4.84. The lowest BCUT2D eigenvalue weighted by atomic mass is 10.1. The van der Waals surface area contributed by atoms with Crippen LogP contribution in [-0.2, 0) is 13.1 Å². The van der Waals surface area contributed by atoms with Crippen molar-refractivity contribution >= 4 is 11.3 Å². The molecule has 21 heavy (non-hydrogen) atoms. The molecule has 2 rings (SSSR count). The van der Waals surface area contributed by atoms with Gasteiger partial charge >= 0.3 is 0 Å². The van der Waals surface area contributed by atoms with Gasteiger partial charge in [0.2, 0.25) is 0 Å². The highest BCUT2D eigenvalue weighted by atomic mass is 32.1. The molecule has 3 nitrogen and oxygen atoms in total. The Morgan fingerprint density at radius 3 is 2.52 bits per heavy atom. The van der Waals surface area contributed by atoms with Crippen molar-refractivity contribution in [1.82, 2.24) is 15.2 Å². The van der Waals surface area contributed by atoms with Crippen molar-refractivity contribution in [2.24, 2.45) is 5.92 Å². The highest BCUT2D eigenvalue weighted by molar-refractivity contribution is 7.15. The fraction of sp³-hybridized carbons (Fsp3) is 0.471. The van der Waals surface area contributed by atoms with Crippen LogP contribution in [0, 0.1) is 5.92 Å². The van der Waals surface area contributed by atoms with E-state index in [4.69, 9.17) is 4.98 Å². The predicted octanol–water partition coefficient (Wildman–Crippen LogP) is 3.62. The van der Waals surface area contributed by atoms with Crippen LogP contribution in [0.25, 0.3) is 10.4 Å². The first kappa shape index (κ1) is 16.1. The van der Waals surface area contributed by atoms with Gasteiger partial charge in [0, 0.05) is 13.1 Å². The Morgan fingerprint density at radius 2 is 1.90 bits per heavy atom. The number of benzene rings is 1. The smallest absolute Gasteiger partial charge is 0.108 e. The monoisotopic (exact) mass is 303 g/mol. The van der Waals surface area contributed by atoms with E-state index in [1.807, 2.05) is 0 Å². The summed E-state index contributed by atoms with van der Waals surface area (Å²) in [6.45, 7) is 7.21. The van der Waals surface area contributed by atoms with Crippen LogP contribution in [0.15, 0.2) is 30.3 Å². The first-order valence-corrected chi connectivity index (χ1v) is 8.27. The minimum absolute atomic E-state index is 0.657. The SMILES string of the molecule is CC(C)CNCc1nc(CN(C)C)sc1-c1ccccc1. The summed E-state index contributed by atoms with van der Waals surface area (Å²) >= 11 is 1.81. The molecule has 1 aromatic carbocycles. The highest BCUT2D eigenvalue weighted by Gasteiger charge is 2.13. The maximum Gasteiger partial charge on any atom is 0.108 e. The van der Waals surface area contributed by atoms with Crippen LogP contribution in [0.4, 0.5) is 0 Å². The van der Waals surface area contributed by atoms with E-state index in [9.17, 15) is 0 Å². The fourth-order valence-corrected chi connectivity index (χ4v) is 3.36. The molecule has 114 valence electrons. The third-order valence-electron chi connectivity index (χ3n) is 3.07. The summed E-state index contributed by atoms with van der Waals surface area (Å²) in [6, 6.07) is 10.6. The summed E-state index contributed by atoms with van der Waals surface area (Å²) in [4.78, 5) is 8.30. The molecule has 2 aromatic rings. The third-order valence-corrected chi connectivity index (χ3v) is 4.21. The van der Waals surface area contributed by atoms with E-state index < -0.39 is 0 Å². The second-order valence-corrected chi connectivity index (χ2v) is 7.10. The number of rotatable bonds is 7. The molecule has 0 unspecified atom stereocenters. The van der Waals surface area contributed by atoms with E-state index >= 15 is 0 Å². The van der Waals surface area contributed by atoms with Crippen molar-refractivity contribution in [3.8, 4) is 10.4 Å². The molecule has 0 aliphatic rings. The van der Waals surface area contributed by atoms with Crippen molar-refractivity contribution in [3.63, 3.8) is 0 Å². The number of hydrogen-bond acceptors (Lipinski definition) is 4. The summed E-state index contributed by atoms with van der Waals surface area (Å²) < 4.78 is 0. The molecule has 0 atom stereocenters. The van der Waals surface area contributed by atoms with E-state index in [0.29, 0.717) is 5.92 Å². The zero-order chi connectivity index (χ0) is 15.2. The Kier molecular flexibility index (Phi) is 5.91. The van der Waals surface area contributed by atoms with Gasteiger partial charge in [-0.3, -0.25) is 0 Å². The highest BCUT2D eigenvalue weighted by Crippen LogP contribution is 2.30. The van der Waals surface area contributed by atoms with Crippen LogP contribution in [0.1, 0.15) is 24.5 Å². The second-order valence-electron chi connectivity index (χ2n) is 6.01. The van der Waals surface area contributed by atoms with Gasteiger partial charge in [-0.1, -0.05) is 44.2 Å². The normalized spacial score (nSPS) is 11.5. The molecule has 0 aliphatic carbocycles. The Morgan fingerprint density at radius 1 is 1.19 bits per heavy atom. The number of aromatic nitrogens is 1. The fourth-order valence-electron chi connectivity index (χ4n) is 2.15. The van der Waals surface area contributed by atoms with Crippen LogP contribution in [0.5, 0.6) is 0 Å². The van der Waals surface area contributed by atoms with Gasteiger partial charge in [0.15, 0.2) is 0 Å². The molecule has 0 aliphatic heterocycles. The minimum atomic E-state index is 0.657. The molecule has 1 heterocycles. The van der Waals surface area contributed by atoms with Crippen molar-refractivity contribution < 1.29 is 0 Å². The van der Waals surface area contributed by atoms with Gasteiger partial charge in [0.25, 0.3) is 0 Å². The van der Waals surface area contributed by atoms with E-state index in [2.05, 4.69) is 68.5 Å². The van der Waals surface area contributed by atoms with Crippen molar-refractivity contribution in [3.05, 3.63) is 41.0 Å². The molecule has 1 aromatic heterocycles.